The summed E-state index contributed by atoms with van der Waals surface area (Å²) in [5.41, 5.74) is 0. The molecule has 0 radical (unpaired) electrons. The van der Waals surface area contributed by atoms with Crippen molar-refractivity contribution in [3.63, 3.8) is 0 Å². The van der Waals surface area contributed by atoms with Crippen LogP contribution in [-0.4, -0.2) is 33.4 Å². The predicted molar refractivity (Wildman–Crippen MR) is 117 cm³/mol. The molecule has 164 valence electrons. The fraction of sp³-hybridized carbons (Fsp3) is 0.583. The van der Waals surface area contributed by atoms with E-state index >= 15 is 0 Å². The normalized spacial score (nSPS) is 15.3. The van der Waals surface area contributed by atoms with Crippen LogP contribution in [-0.2, 0) is 9.59 Å². The maximum absolute atomic E-state index is 9.90. The van der Waals surface area contributed by atoms with Gasteiger partial charge in [-0.2, -0.15) is 0 Å². The van der Waals surface area contributed by atoms with E-state index in [1.165, 1.54) is 44.9 Å². The first-order valence-corrected chi connectivity index (χ1v) is 10.8. The SMILES string of the molecule is C1=CCCCC1.O=C(O)CCCCC(=O)O.OC1CCCCC1.c1ccccc1. The van der Waals surface area contributed by atoms with Gasteiger partial charge in [0, 0.05) is 12.8 Å². The second kappa shape index (κ2) is 20.6. The minimum absolute atomic E-state index is 0.0359. The van der Waals surface area contributed by atoms with Crippen molar-refractivity contribution in [2.24, 2.45) is 0 Å². The van der Waals surface area contributed by atoms with Crippen LogP contribution in [0, 0.1) is 0 Å². The highest BCUT2D eigenvalue weighted by Gasteiger charge is 2.07. The third-order valence-electron chi connectivity index (χ3n) is 4.43. The molecule has 0 heterocycles. The summed E-state index contributed by atoms with van der Waals surface area (Å²) >= 11 is 0. The van der Waals surface area contributed by atoms with E-state index in [1.54, 1.807) is 0 Å². The lowest BCUT2D eigenvalue weighted by Crippen LogP contribution is -2.09. The molecule has 0 bridgehead atoms. The number of benzene rings is 1. The monoisotopic (exact) mass is 406 g/mol. The van der Waals surface area contributed by atoms with Gasteiger partial charge in [0.15, 0.2) is 0 Å². The molecule has 0 saturated heterocycles. The molecule has 29 heavy (non-hydrogen) atoms. The first-order valence-electron chi connectivity index (χ1n) is 10.8. The maximum Gasteiger partial charge on any atom is 0.303 e. The Bertz CT molecular complexity index is 471. The molecule has 3 rings (SSSR count). The Kier molecular flexibility index (Phi) is 19.1. The molecule has 0 amide bonds. The van der Waals surface area contributed by atoms with Gasteiger partial charge in [0.25, 0.3) is 0 Å². The van der Waals surface area contributed by atoms with Crippen molar-refractivity contribution in [3.05, 3.63) is 48.6 Å². The van der Waals surface area contributed by atoms with Gasteiger partial charge in [-0.05, 0) is 51.4 Å². The topological polar surface area (TPSA) is 94.8 Å². The zero-order chi connectivity index (χ0) is 21.6. The van der Waals surface area contributed by atoms with Crippen molar-refractivity contribution < 1.29 is 24.9 Å². The zero-order valence-corrected chi connectivity index (χ0v) is 17.5. The van der Waals surface area contributed by atoms with E-state index in [0.29, 0.717) is 12.8 Å². The highest BCUT2D eigenvalue weighted by molar-refractivity contribution is 5.67. The fourth-order valence-corrected chi connectivity index (χ4v) is 2.78. The summed E-state index contributed by atoms with van der Waals surface area (Å²) in [7, 11) is 0. The zero-order valence-electron chi connectivity index (χ0n) is 17.5. The Hall–Kier alpha value is -2.14. The largest absolute Gasteiger partial charge is 0.481 e. The van der Waals surface area contributed by atoms with Gasteiger partial charge in [-0.15, -0.1) is 0 Å². The molecule has 3 N–H and O–H groups in total. The molecule has 1 aromatic rings. The maximum atomic E-state index is 9.90. The summed E-state index contributed by atoms with van der Waals surface area (Å²) in [6, 6.07) is 12.0. The van der Waals surface area contributed by atoms with Crippen molar-refractivity contribution in [2.75, 3.05) is 0 Å². The number of carboxylic acid groups (broad SMARTS) is 2. The third-order valence-corrected chi connectivity index (χ3v) is 4.43. The van der Waals surface area contributed by atoms with Gasteiger partial charge in [-0.25, -0.2) is 0 Å². The highest BCUT2D eigenvalue weighted by Crippen LogP contribution is 2.16. The second-order valence-electron chi connectivity index (χ2n) is 7.20. The van der Waals surface area contributed by atoms with Gasteiger partial charge >= 0.3 is 11.9 Å². The molecule has 1 fully saturated rings. The average Bonchev–Trinajstić information content (AvgIpc) is 2.75. The quantitative estimate of drug-likeness (QED) is 0.422. The lowest BCUT2D eigenvalue weighted by molar-refractivity contribution is -0.139. The number of carboxylic acids is 2. The standard InChI is InChI=1S/C6H10O4.C6H12O.C6H10.C6H6/c7-5(8)3-1-2-4-6(9)10;7-6-4-2-1-3-5-6;2*1-2-4-6-5-3-1/h1-4H2,(H,7,8)(H,9,10);6-7H,1-5H2;1-2H,3-6H2;1-6H. The summed E-state index contributed by atoms with van der Waals surface area (Å²) in [4.78, 5) is 19.8. The molecule has 1 aromatic carbocycles. The van der Waals surface area contributed by atoms with Crippen LogP contribution in [0.1, 0.15) is 83.5 Å². The molecule has 0 aliphatic heterocycles. The van der Waals surface area contributed by atoms with Crippen molar-refractivity contribution in [3.8, 4) is 0 Å². The summed E-state index contributed by atoms with van der Waals surface area (Å²) in [6.07, 6.45) is 16.9. The minimum atomic E-state index is -0.870. The van der Waals surface area contributed by atoms with Crippen molar-refractivity contribution in [2.45, 2.75) is 89.6 Å². The molecule has 2 aliphatic rings. The van der Waals surface area contributed by atoms with Crippen LogP contribution in [0.5, 0.6) is 0 Å². The molecule has 5 nitrogen and oxygen atoms in total. The van der Waals surface area contributed by atoms with Crippen molar-refractivity contribution in [1.82, 2.24) is 0 Å². The number of carbonyl (C=O) groups is 2. The number of hydrogen-bond acceptors (Lipinski definition) is 3. The van der Waals surface area contributed by atoms with Gasteiger partial charge in [0.05, 0.1) is 6.10 Å². The minimum Gasteiger partial charge on any atom is -0.481 e. The molecular formula is C24H38O5. The molecule has 0 atom stereocenters. The lowest BCUT2D eigenvalue weighted by Gasteiger charge is -2.14. The van der Waals surface area contributed by atoms with E-state index in [1.807, 2.05) is 36.4 Å². The summed E-state index contributed by atoms with van der Waals surface area (Å²) in [5, 5.41) is 25.2. The molecular weight excluding hydrogens is 368 g/mol. The average molecular weight is 407 g/mol. The second-order valence-corrected chi connectivity index (χ2v) is 7.20. The van der Waals surface area contributed by atoms with Crippen LogP contribution in [0.3, 0.4) is 0 Å². The lowest BCUT2D eigenvalue weighted by atomic mass is 9.98. The summed E-state index contributed by atoms with van der Waals surface area (Å²) in [6.45, 7) is 0. The number of aliphatic hydroxyl groups is 1. The number of rotatable bonds is 5. The summed E-state index contributed by atoms with van der Waals surface area (Å²) < 4.78 is 0. The predicted octanol–water partition coefficient (Wildman–Crippen LogP) is 5.83. The van der Waals surface area contributed by atoms with E-state index in [9.17, 15) is 9.59 Å². The van der Waals surface area contributed by atoms with Crippen LogP contribution in [0.25, 0.3) is 0 Å². The Morgan fingerprint density at radius 1 is 0.655 bits per heavy atom. The smallest absolute Gasteiger partial charge is 0.303 e. The summed E-state index contributed by atoms with van der Waals surface area (Å²) in [5.74, 6) is -1.74. The molecule has 0 unspecified atom stereocenters. The number of aliphatic carboxylic acids is 2. The fourth-order valence-electron chi connectivity index (χ4n) is 2.78. The Balaban J connectivity index is 0.000000368. The van der Waals surface area contributed by atoms with Crippen LogP contribution >= 0.6 is 0 Å². The van der Waals surface area contributed by atoms with E-state index in [4.69, 9.17) is 15.3 Å². The van der Waals surface area contributed by atoms with Gasteiger partial charge in [0.1, 0.15) is 0 Å². The van der Waals surface area contributed by atoms with Crippen molar-refractivity contribution in [1.29, 1.82) is 0 Å². The first-order chi connectivity index (χ1) is 14.0. The van der Waals surface area contributed by atoms with E-state index in [2.05, 4.69) is 12.2 Å². The van der Waals surface area contributed by atoms with E-state index in [-0.39, 0.29) is 18.9 Å². The number of allylic oxidation sites excluding steroid dienone is 2. The van der Waals surface area contributed by atoms with Crippen LogP contribution in [0.15, 0.2) is 48.6 Å². The van der Waals surface area contributed by atoms with E-state index in [0.717, 1.165) is 12.8 Å². The van der Waals surface area contributed by atoms with Gasteiger partial charge in [-0.3, -0.25) is 9.59 Å². The first kappa shape index (κ1) is 26.9. The number of aliphatic hydroxyl groups excluding tert-OH is 1. The molecule has 1 saturated carbocycles. The molecule has 0 spiro atoms. The van der Waals surface area contributed by atoms with Gasteiger partial charge in [0.2, 0.25) is 0 Å². The Labute approximate surface area is 175 Å². The van der Waals surface area contributed by atoms with Crippen molar-refractivity contribution >= 4 is 11.9 Å². The van der Waals surface area contributed by atoms with Crippen LogP contribution in [0.2, 0.25) is 0 Å². The number of hydrogen-bond donors (Lipinski definition) is 3. The Morgan fingerprint density at radius 3 is 1.24 bits per heavy atom. The van der Waals surface area contributed by atoms with Gasteiger partial charge < -0.3 is 15.3 Å². The Morgan fingerprint density at radius 2 is 1.03 bits per heavy atom. The number of unbranched alkanes of at least 4 members (excludes halogenated alkanes) is 1. The van der Waals surface area contributed by atoms with Gasteiger partial charge in [-0.1, -0.05) is 67.8 Å². The van der Waals surface area contributed by atoms with E-state index < -0.39 is 11.9 Å². The molecule has 0 aromatic heterocycles. The highest BCUT2D eigenvalue weighted by atomic mass is 16.4. The molecule has 2 aliphatic carbocycles. The molecule has 5 heteroatoms. The van der Waals surface area contributed by atoms with Crippen LogP contribution in [0.4, 0.5) is 0 Å². The van der Waals surface area contributed by atoms with Crippen LogP contribution < -0.4 is 0 Å². The third kappa shape index (κ3) is 23.8.